The molecular weight excluding hydrogens is 352 g/mol. The maximum atomic E-state index is 13.2. The SMILES string of the molecule is O=C(c1cccc(-n2cnnc2)c1)N1CCCCC1CCc1ccc(O)cc1. The molecule has 0 bridgehead atoms. The number of hydrogen-bond acceptors (Lipinski definition) is 4. The monoisotopic (exact) mass is 376 g/mol. The largest absolute Gasteiger partial charge is 0.508 e. The van der Waals surface area contributed by atoms with Crippen molar-refractivity contribution >= 4 is 5.91 Å². The summed E-state index contributed by atoms with van der Waals surface area (Å²) in [6, 6.07) is 15.2. The van der Waals surface area contributed by atoms with Crippen molar-refractivity contribution in [1.29, 1.82) is 0 Å². The number of aryl methyl sites for hydroxylation is 1. The standard InChI is InChI=1S/C22H24N4O2/c27-21-11-8-17(9-12-21)7-10-19-5-1-2-13-26(19)22(28)18-4-3-6-20(14-18)25-15-23-24-16-25/h3-4,6,8-9,11-12,14-16,19,27H,1-2,5,7,10,13H2. The Morgan fingerprint density at radius 1 is 1.07 bits per heavy atom. The summed E-state index contributed by atoms with van der Waals surface area (Å²) in [5.41, 5.74) is 2.77. The van der Waals surface area contributed by atoms with Gasteiger partial charge in [-0.25, -0.2) is 0 Å². The van der Waals surface area contributed by atoms with Gasteiger partial charge in [0.15, 0.2) is 0 Å². The highest BCUT2D eigenvalue weighted by atomic mass is 16.3. The number of amides is 1. The first kappa shape index (κ1) is 18.2. The highest BCUT2D eigenvalue weighted by molar-refractivity contribution is 5.95. The molecule has 1 fully saturated rings. The van der Waals surface area contributed by atoms with Crippen molar-refractivity contribution in [2.24, 2.45) is 0 Å². The van der Waals surface area contributed by atoms with Crippen molar-refractivity contribution in [2.45, 2.75) is 38.1 Å². The van der Waals surface area contributed by atoms with E-state index in [9.17, 15) is 9.90 Å². The van der Waals surface area contributed by atoms with Crippen LogP contribution < -0.4 is 0 Å². The van der Waals surface area contributed by atoms with Crippen LogP contribution >= 0.6 is 0 Å². The molecule has 6 nitrogen and oxygen atoms in total. The normalized spacial score (nSPS) is 16.9. The van der Waals surface area contributed by atoms with E-state index in [-0.39, 0.29) is 17.7 Å². The second-order valence-corrected chi connectivity index (χ2v) is 7.27. The number of rotatable bonds is 5. The molecule has 2 heterocycles. The van der Waals surface area contributed by atoms with Gasteiger partial charge < -0.3 is 10.0 Å². The van der Waals surface area contributed by atoms with E-state index in [0.717, 1.165) is 44.3 Å². The third kappa shape index (κ3) is 4.06. The number of carbonyl (C=O) groups is 1. The first-order valence-corrected chi connectivity index (χ1v) is 9.74. The molecule has 0 radical (unpaired) electrons. The van der Waals surface area contributed by atoms with Crippen LogP contribution in [0.25, 0.3) is 5.69 Å². The van der Waals surface area contributed by atoms with Gasteiger partial charge in [0.05, 0.1) is 0 Å². The van der Waals surface area contributed by atoms with Crippen LogP contribution in [0, 0.1) is 0 Å². The number of benzene rings is 2. The van der Waals surface area contributed by atoms with E-state index in [4.69, 9.17) is 0 Å². The summed E-state index contributed by atoms with van der Waals surface area (Å²) in [4.78, 5) is 15.3. The third-order valence-corrected chi connectivity index (χ3v) is 5.40. The van der Waals surface area contributed by atoms with E-state index >= 15 is 0 Å². The van der Waals surface area contributed by atoms with Crippen molar-refractivity contribution in [3.05, 3.63) is 72.3 Å². The Morgan fingerprint density at radius 3 is 2.64 bits per heavy atom. The lowest BCUT2D eigenvalue weighted by atomic mass is 9.95. The average Bonchev–Trinajstić information content (AvgIpc) is 3.28. The summed E-state index contributed by atoms with van der Waals surface area (Å²) in [6.07, 6.45) is 8.33. The molecule has 1 aliphatic rings. The quantitative estimate of drug-likeness (QED) is 0.739. The van der Waals surface area contributed by atoms with Gasteiger partial charge in [-0.1, -0.05) is 18.2 Å². The summed E-state index contributed by atoms with van der Waals surface area (Å²) >= 11 is 0. The van der Waals surface area contributed by atoms with Crippen LogP contribution in [0.3, 0.4) is 0 Å². The Hall–Kier alpha value is -3.15. The van der Waals surface area contributed by atoms with Crippen LogP contribution in [0.15, 0.2) is 61.2 Å². The van der Waals surface area contributed by atoms with Gasteiger partial charge in [-0.2, -0.15) is 0 Å². The number of nitrogens with zero attached hydrogens (tertiary/aromatic N) is 4. The summed E-state index contributed by atoms with van der Waals surface area (Å²) in [6.45, 7) is 0.802. The lowest BCUT2D eigenvalue weighted by Crippen LogP contribution is -2.44. The maximum absolute atomic E-state index is 13.2. The van der Waals surface area contributed by atoms with Crippen LogP contribution in [0.2, 0.25) is 0 Å². The van der Waals surface area contributed by atoms with Gasteiger partial charge in [-0.05, 0) is 68.0 Å². The topological polar surface area (TPSA) is 71.2 Å². The molecule has 4 rings (SSSR count). The van der Waals surface area contributed by atoms with Gasteiger partial charge in [0, 0.05) is 23.8 Å². The highest BCUT2D eigenvalue weighted by Gasteiger charge is 2.27. The van der Waals surface area contributed by atoms with Gasteiger partial charge in [-0.3, -0.25) is 9.36 Å². The predicted octanol–water partition coefficient (Wildman–Crippen LogP) is 3.60. The van der Waals surface area contributed by atoms with Crippen molar-refractivity contribution in [2.75, 3.05) is 6.54 Å². The Bertz CT molecular complexity index is 922. The number of aromatic hydroxyl groups is 1. The molecule has 0 aliphatic carbocycles. The van der Waals surface area contributed by atoms with Gasteiger partial charge in [-0.15, -0.1) is 10.2 Å². The van der Waals surface area contributed by atoms with Gasteiger partial charge in [0.1, 0.15) is 18.4 Å². The van der Waals surface area contributed by atoms with E-state index in [2.05, 4.69) is 10.2 Å². The summed E-state index contributed by atoms with van der Waals surface area (Å²) in [5, 5.41) is 17.1. The van der Waals surface area contributed by atoms with Crippen molar-refractivity contribution in [1.82, 2.24) is 19.7 Å². The fourth-order valence-corrected chi connectivity index (χ4v) is 3.86. The van der Waals surface area contributed by atoms with Gasteiger partial charge in [0.2, 0.25) is 0 Å². The molecule has 144 valence electrons. The molecule has 6 heteroatoms. The summed E-state index contributed by atoms with van der Waals surface area (Å²) in [7, 11) is 0. The molecule has 1 amide bonds. The molecule has 1 N–H and O–H groups in total. The first-order valence-electron chi connectivity index (χ1n) is 9.74. The Labute approximate surface area is 164 Å². The smallest absolute Gasteiger partial charge is 0.254 e. The minimum atomic E-state index is 0.0883. The molecule has 1 unspecified atom stereocenters. The number of phenols is 1. The lowest BCUT2D eigenvalue weighted by Gasteiger charge is -2.36. The Morgan fingerprint density at radius 2 is 1.86 bits per heavy atom. The number of phenolic OH excluding ortho intramolecular Hbond substituents is 1. The van der Waals surface area contributed by atoms with E-state index in [1.807, 2.05) is 41.3 Å². The number of aromatic nitrogens is 3. The minimum absolute atomic E-state index is 0.0883. The third-order valence-electron chi connectivity index (χ3n) is 5.40. The Kier molecular flexibility index (Phi) is 5.37. The van der Waals surface area contributed by atoms with Crippen LogP contribution in [0.1, 0.15) is 41.6 Å². The fourth-order valence-electron chi connectivity index (χ4n) is 3.86. The lowest BCUT2D eigenvalue weighted by molar-refractivity contribution is 0.0602. The van der Waals surface area contributed by atoms with E-state index < -0.39 is 0 Å². The van der Waals surface area contributed by atoms with Crippen LogP contribution in [-0.4, -0.2) is 43.3 Å². The van der Waals surface area contributed by atoms with Crippen molar-refractivity contribution in [3.8, 4) is 11.4 Å². The van der Waals surface area contributed by atoms with Crippen LogP contribution in [0.5, 0.6) is 5.75 Å². The second kappa shape index (κ2) is 8.25. The van der Waals surface area contributed by atoms with Crippen LogP contribution in [-0.2, 0) is 6.42 Å². The maximum Gasteiger partial charge on any atom is 0.254 e. The second-order valence-electron chi connectivity index (χ2n) is 7.27. The molecule has 1 saturated heterocycles. The molecular formula is C22H24N4O2. The molecule has 28 heavy (non-hydrogen) atoms. The van der Waals surface area contributed by atoms with E-state index in [1.165, 1.54) is 5.56 Å². The molecule has 1 aromatic heterocycles. The predicted molar refractivity (Wildman–Crippen MR) is 106 cm³/mol. The molecule has 1 atom stereocenters. The summed E-state index contributed by atoms with van der Waals surface area (Å²) < 4.78 is 1.80. The Balaban J connectivity index is 1.48. The number of piperidine rings is 1. The van der Waals surface area contributed by atoms with Gasteiger partial charge >= 0.3 is 0 Å². The zero-order valence-corrected chi connectivity index (χ0v) is 15.7. The zero-order chi connectivity index (χ0) is 19.3. The summed E-state index contributed by atoms with van der Waals surface area (Å²) in [5.74, 6) is 0.372. The number of carbonyl (C=O) groups excluding carboxylic acids is 1. The molecule has 0 saturated carbocycles. The first-order chi connectivity index (χ1) is 13.7. The number of likely N-dealkylation sites (tertiary alicyclic amines) is 1. The molecule has 1 aliphatic heterocycles. The zero-order valence-electron chi connectivity index (χ0n) is 15.7. The average molecular weight is 376 g/mol. The number of hydrogen-bond donors (Lipinski definition) is 1. The minimum Gasteiger partial charge on any atom is -0.508 e. The van der Waals surface area contributed by atoms with Crippen molar-refractivity contribution < 1.29 is 9.90 Å². The van der Waals surface area contributed by atoms with Crippen molar-refractivity contribution in [3.63, 3.8) is 0 Å². The van der Waals surface area contributed by atoms with E-state index in [0.29, 0.717) is 5.56 Å². The molecule has 0 spiro atoms. The van der Waals surface area contributed by atoms with E-state index in [1.54, 1.807) is 29.4 Å². The molecule has 2 aromatic carbocycles. The highest BCUT2D eigenvalue weighted by Crippen LogP contribution is 2.24. The van der Waals surface area contributed by atoms with Gasteiger partial charge in [0.25, 0.3) is 5.91 Å². The molecule has 3 aromatic rings. The fraction of sp³-hybridized carbons (Fsp3) is 0.318. The van der Waals surface area contributed by atoms with Crippen LogP contribution in [0.4, 0.5) is 0 Å².